The predicted molar refractivity (Wildman–Crippen MR) is 57.8 cm³/mol. The molecular weight excluding hydrogens is 227 g/mol. The summed E-state index contributed by atoms with van der Waals surface area (Å²) in [5.74, 6) is 4.68. The molecule has 6 heteroatoms. The van der Waals surface area contributed by atoms with Crippen LogP contribution in [0.1, 0.15) is 10.4 Å². The van der Waals surface area contributed by atoms with Crippen molar-refractivity contribution < 1.29 is 9.53 Å². The van der Waals surface area contributed by atoms with Crippen LogP contribution in [0.4, 0.5) is 5.69 Å². The zero-order valence-electron chi connectivity index (χ0n) is 7.41. The number of ether oxygens (including phenoxy) is 1. The van der Waals surface area contributed by atoms with Gasteiger partial charge in [0.05, 0.1) is 17.7 Å². The molecule has 0 unspecified atom stereocenters. The second kappa shape index (κ2) is 5.70. The van der Waals surface area contributed by atoms with Crippen LogP contribution in [0.5, 0.6) is 0 Å². The lowest BCUT2D eigenvalue weighted by Crippen LogP contribution is -2.09. The van der Waals surface area contributed by atoms with Gasteiger partial charge in [-0.1, -0.05) is 11.6 Å². The van der Waals surface area contributed by atoms with Crippen molar-refractivity contribution in [2.75, 3.05) is 12.5 Å². The van der Waals surface area contributed by atoms with Crippen molar-refractivity contribution in [1.82, 2.24) is 0 Å². The summed E-state index contributed by atoms with van der Waals surface area (Å²) in [5.41, 5.74) is 3.30. The van der Waals surface area contributed by atoms with Gasteiger partial charge in [0.15, 0.2) is 0 Å². The lowest BCUT2D eigenvalue weighted by Gasteiger charge is -2.04. The molecule has 1 aromatic rings. The number of hydrogen-bond donors (Lipinski definition) is 2. The number of carbonyl (C=O) groups excluding carboxylic acids is 1. The van der Waals surface area contributed by atoms with Crippen LogP contribution in [0.2, 0.25) is 5.02 Å². The van der Waals surface area contributed by atoms with Crippen LogP contribution >= 0.6 is 24.0 Å². The van der Waals surface area contributed by atoms with Crippen molar-refractivity contribution in [2.45, 2.75) is 0 Å². The van der Waals surface area contributed by atoms with Crippen LogP contribution < -0.4 is 11.3 Å². The van der Waals surface area contributed by atoms with Crippen LogP contribution in [-0.2, 0) is 4.74 Å². The number of esters is 1. The lowest BCUT2D eigenvalue weighted by molar-refractivity contribution is 0.0601. The molecule has 0 spiro atoms. The summed E-state index contributed by atoms with van der Waals surface area (Å²) in [5, 5.41) is 0.339. The number of nitrogens with two attached hydrogens (primary N) is 1. The minimum atomic E-state index is -0.484. The highest BCUT2D eigenvalue weighted by Gasteiger charge is 2.10. The molecule has 0 aromatic heterocycles. The van der Waals surface area contributed by atoms with Gasteiger partial charge in [-0.2, -0.15) is 0 Å². The summed E-state index contributed by atoms with van der Waals surface area (Å²) in [7, 11) is 1.29. The predicted octanol–water partition coefficient (Wildman–Crippen LogP) is 1.83. The molecule has 0 amide bonds. The number of carbonyl (C=O) groups is 1. The largest absolute Gasteiger partial charge is 0.465 e. The van der Waals surface area contributed by atoms with Gasteiger partial charge in [-0.3, -0.25) is 5.84 Å². The van der Waals surface area contributed by atoms with Gasteiger partial charge in [0.2, 0.25) is 0 Å². The Hall–Kier alpha value is -0.970. The van der Waals surface area contributed by atoms with Crippen molar-refractivity contribution in [3.63, 3.8) is 0 Å². The Bertz CT molecular complexity index is 331. The topological polar surface area (TPSA) is 64.3 Å². The summed E-state index contributed by atoms with van der Waals surface area (Å²) >= 11 is 5.76. The minimum absolute atomic E-state index is 0. The molecule has 0 saturated heterocycles. The quantitative estimate of drug-likeness (QED) is 0.468. The number of halogens is 2. The Balaban J connectivity index is 0.00000169. The molecule has 1 rings (SSSR count). The Morgan fingerprint density at radius 3 is 2.71 bits per heavy atom. The first-order valence-corrected chi connectivity index (χ1v) is 3.91. The fourth-order valence-corrected chi connectivity index (χ4v) is 1.08. The summed E-state index contributed by atoms with van der Waals surface area (Å²) < 4.78 is 4.52. The van der Waals surface area contributed by atoms with Crippen molar-refractivity contribution in [3.8, 4) is 0 Å². The molecule has 0 atom stereocenters. The van der Waals surface area contributed by atoms with Gasteiger partial charge in [-0.15, -0.1) is 12.4 Å². The van der Waals surface area contributed by atoms with E-state index in [0.29, 0.717) is 16.3 Å². The van der Waals surface area contributed by atoms with E-state index in [4.69, 9.17) is 17.4 Å². The van der Waals surface area contributed by atoms with E-state index < -0.39 is 5.97 Å². The average Bonchev–Trinajstić information content (AvgIpc) is 2.17. The SMILES string of the molecule is COC(=O)c1cc(NN)ccc1Cl.Cl. The van der Waals surface area contributed by atoms with E-state index in [2.05, 4.69) is 10.2 Å². The smallest absolute Gasteiger partial charge is 0.339 e. The van der Waals surface area contributed by atoms with Gasteiger partial charge >= 0.3 is 5.97 Å². The van der Waals surface area contributed by atoms with Crippen LogP contribution in [0.3, 0.4) is 0 Å². The normalized spacial score (nSPS) is 8.79. The summed E-state index contributed by atoms with van der Waals surface area (Å²) in [4.78, 5) is 11.1. The summed E-state index contributed by atoms with van der Waals surface area (Å²) in [6, 6.07) is 4.76. The first kappa shape index (κ1) is 13.0. The maximum Gasteiger partial charge on any atom is 0.339 e. The molecule has 78 valence electrons. The van der Waals surface area contributed by atoms with E-state index >= 15 is 0 Å². The molecule has 0 aliphatic heterocycles. The number of methoxy groups -OCH3 is 1. The standard InChI is InChI=1S/C8H9ClN2O2.ClH/c1-13-8(12)6-4-5(11-10)2-3-7(6)9;/h2-4,11H,10H2,1H3;1H. The van der Waals surface area contributed by atoms with Gasteiger partial charge in [0.25, 0.3) is 0 Å². The molecule has 0 aliphatic rings. The average molecular weight is 237 g/mol. The van der Waals surface area contributed by atoms with Crippen molar-refractivity contribution in [2.24, 2.45) is 5.84 Å². The monoisotopic (exact) mass is 236 g/mol. The summed E-state index contributed by atoms with van der Waals surface area (Å²) in [6.07, 6.45) is 0. The van der Waals surface area contributed by atoms with Crippen LogP contribution in [-0.4, -0.2) is 13.1 Å². The first-order valence-electron chi connectivity index (χ1n) is 3.53. The second-order valence-electron chi connectivity index (χ2n) is 2.33. The molecular formula is C8H10Cl2N2O2. The molecule has 4 nitrogen and oxygen atoms in total. The van der Waals surface area contributed by atoms with Crippen LogP contribution in [0.25, 0.3) is 0 Å². The van der Waals surface area contributed by atoms with Crippen molar-refractivity contribution in [1.29, 1.82) is 0 Å². The molecule has 3 N–H and O–H groups in total. The molecule has 0 bridgehead atoms. The Labute approximate surface area is 92.8 Å². The van der Waals surface area contributed by atoms with Crippen LogP contribution in [0.15, 0.2) is 18.2 Å². The highest BCUT2D eigenvalue weighted by atomic mass is 35.5. The maximum absolute atomic E-state index is 11.1. The van der Waals surface area contributed by atoms with Gasteiger partial charge in [-0.25, -0.2) is 4.79 Å². The number of hydrogen-bond acceptors (Lipinski definition) is 4. The number of anilines is 1. The third-order valence-corrected chi connectivity index (χ3v) is 1.87. The Morgan fingerprint density at radius 1 is 1.57 bits per heavy atom. The third-order valence-electron chi connectivity index (χ3n) is 1.54. The van der Waals surface area contributed by atoms with E-state index in [-0.39, 0.29) is 12.4 Å². The van der Waals surface area contributed by atoms with Gasteiger partial charge in [0.1, 0.15) is 0 Å². The lowest BCUT2D eigenvalue weighted by atomic mass is 10.2. The first-order chi connectivity index (χ1) is 6.19. The highest BCUT2D eigenvalue weighted by molar-refractivity contribution is 6.33. The second-order valence-corrected chi connectivity index (χ2v) is 2.74. The minimum Gasteiger partial charge on any atom is -0.465 e. The zero-order valence-corrected chi connectivity index (χ0v) is 8.98. The zero-order chi connectivity index (χ0) is 9.84. The van der Waals surface area contributed by atoms with Crippen molar-refractivity contribution in [3.05, 3.63) is 28.8 Å². The molecule has 0 heterocycles. The molecule has 0 fully saturated rings. The van der Waals surface area contributed by atoms with Crippen molar-refractivity contribution >= 4 is 35.7 Å². The van der Waals surface area contributed by atoms with Gasteiger partial charge in [0, 0.05) is 5.69 Å². The number of nitrogens with one attached hydrogen (secondary N) is 1. The number of nitrogen functional groups attached to an aromatic ring is 1. The molecule has 0 radical (unpaired) electrons. The van der Waals surface area contributed by atoms with E-state index in [9.17, 15) is 4.79 Å². The molecule has 1 aromatic carbocycles. The summed E-state index contributed by atoms with van der Waals surface area (Å²) in [6.45, 7) is 0. The maximum atomic E-state index is 11.1. The van der Waals surface area contributed by atoms with Gasteiger partial charge in [-0.05, 0) is 18.2 Å². The van der Waals surface area contributed by atoms with E-state index in [0.717, 1.165) is 0 Å². The van der Waals surface area contributed by atoms with Crippen LogP contribution in [0, 0.1) is 0 Å². The fraction of sp³-hybridized carbons (Fsp3) is 0.125. The Kier molecular flexibility index (Phi) is 5.30. The molecule has 14 heavy (non-hydrogen) atoms. The Morgan fingerprint density at radius 2 is 2.21 bits per heavy atom. The number of rotatable bonds is 2. The third kappa shape index (κ3) is 2.77. The number of hydrazine groups is 1. The number of benzene rings is 1. The van der Waals surface area contributed by atoms with E-state index in [1.807, 2.05) is 0 Å². The van der Waals surface area contributed by atoms with E-state index in [1.54, 1.807) is 12.1 Å². The fourth-order valence-electron chi connectivity index (χ4n) is 0.881. The molecule has 0 saturated carbocycles. The highest BCUT2D eigenvalue weighted by Crippen LogP contribution is 2.20. The molecule has 0 aliphatic carbocycles. The van der Waals surface area contributed by atoms with E-state index in [1.165, 1.54) is 13.2 Å². The van der Waals surface area contributed by atoms with Gasteiger partial charge < -0.3 is 10.2 Å².